The van der Waals surface area contributed by atoms with Gasteiger partial charge in [-0.1, -0.05) is 60.3 Å². The summed E-state index contributed by atoms with van der Waals surface area (Å²) in [6, 6.07) is 0. The lowest BCUT2D eigenvalue weighted by Crippen LogP contribution is -2.63. The quantitative estimate of drug-likeness (QED) is 0.334. The predicted molar refractivity (Wildman–Crippen MR) is 136 cm³/mol. The van der Waals surface area contributed by atoms with E-state index in [9.17, 15) is 20.1 Å². The number of hydrogen-bond acceptors (Lipinski definition) is 3. The lowest BCUT2D eigenvalue weighted by molar-refractivity contribution is -0.302. The fourth-order valence-corrected chi connectivity index (χ4v) is 10.3. The average Bonchev–Trinajstić information content (AvgIpc) is 3.10. The molecule has 4 saturated carbocycles. The molecule has 4 rings (SSSR count). The van der Waals surface area contributed by atoms with Gasteiger partial charge in [0.15, 0.2) is 5.79 Å². The highest BCUT2D eigenvalue weighted by Crippen LogP contribution is 2.69. The molecule has 34 heavy (non-hydrogen) atoms. The minimum Gasteiger partial charge on any atom is -0.481 e. The van der Waals surface area contributed by atoms with Gasteiger partial charge in [-0.15, -0.1) is 0 Å². The molecule has 4 aliphatic carbocycles. The molecule has 0 radical (unpaired) electrons. The molecule has 0 aliphatic heterocycles. The smallest absolute Gasteiger partial charge is 0.303 e. The van der Waals surface area contributed by atoms with Crippen LogP contribution in [0.1, 0.15) is 118 Å². The Bertz CT molecular complexity index is 733. The fraction of sp³-hybridized carbons (Fsp3) is 0.967. The highest BCUT2D eigenvalue weighted by Gasteiger charge is 2.66. The molecule has 0 aromatic heterocycles. The number of carboxylic acids is 1. The lowest BCUT2D eigenvalue weighted by atomic mass is 9.43. The zero-order valence-electron chi connectivity index (χ0n) is 22.6. The van der Waals surface area contributed by atoms with Crippen LogP contribution in [0.5, 0.6) is 0 Å². The largest absolute Gasteiger partial charge is 0.481 e. The summed E-state index contributed by atoms with van der Waals surface area (Å²) in [5.41, 5.74) is 0.487. The average molecular weight is 477 g/mol. The van der Waals surface area contributed by atoms with Gasteiger partial charge in [0.25, 0.3) is 0 Å². The van der Waals surface area contributed by atoms with Crippen LogP contribution >= 0.6 is 0 Å². The molecule has 0 saturated heterocycles. The van der Waals surface area contributed by atoms with Crippen molar-refractivity contribution in [2.75, 3.05) is 0 Å². The molecule has 4 aliphatic rings. The minimum absolute atomic E-state index is 0.0294. The van der Waals surface area contributed by atoms with E-state index in [1.165, 1.54) is 38.5 Å². The first-order valence-corrected chi connectivity index (χ1v) is 14.6. The van der Waals surface area contributed by atoms with Gasteiger partial charge in [-0.05, 0) is 97.2 Å². The highest BCUT2D eigenvalue weighted by atomic mass is 16.5. The van der Waals surface area contributed by atoms with E-state index in [0.717, 1.165) is 32.1 Å². The number of fused-ring (bicyclic) bond motifs is 5. The highest BCUT2D eigenvalue weighted by molar-refractivity contribution is 5.66. The van der Waals surface area contributed by atoms with Gasteiger partial charge >= 0.3 is 5.97 Å². The van der Waals surface area contributed by atoms with Crippen LogP contribution in [0.3, 0.4) is 0 Å². The fourth-order valence-electron chi connectivity index (χ4n) is 10.3. The number of aliphatic hydroxyl groups is 2. The van der Waals surface area contributed by atoms with E-state index in [1.807, 2.05) is 0 Å². The normalized spacial score (nSPS) is 43.8. The van der Waals surface area contributed by atoms with Crippen molar-refractivity contribution in [1.82, 2.24) is 0 Å². The van der Waals surface area contributed by atoms with Crippen molar-refractivity contribution >= 4 is 5.97 Å². The standard InChI is InChI=1S/C30H52O4/c1-6-21(20(3)17-26(31)32)11-10-19(2)23-12-13-24-27-25(14-16-29(23,24)5)28(4)15-8-7-9-22(28)18-30(27,33)34/h19-25,27,33-34H,6-18H2,1-5H3,(H,31,32)/t19-,20?,21?,22?,23-,24+,25+,27+,28+,29-/m1/s1. The second kappa shape index (κ2) is 9.69. The zero-order valence-corrected chi connectivity index (χ0v) is 22.6. The Morgan fingerprint density at radius 2 is 1.65 bits per heavy atom. The van der Waals surface area contributed by atoms with E-state index >= 15 is 0 Å². The van der Waals surface area contributed by atoms with Crippen LogP contribution in [0.15, 0.2) is 0 Å². The summed E-state index contributed by atoms with van der Waals surface area (Å²) in [4.78, 5) is 11.2. The molecule has 4 nitrogen and oxygen atoms in total. The van der Waals surface area contributed by atoms with E-state index in [0.29, 0.717) is 41.9 Å². The Balaban J connectivity index is 1.48. The SMILES string of the molecule is CCC(CC[C@@H](C)[C@H]1CC[C@H]2[C@H]3[C@H](CC[C@]12C)[C@@]1(C)CCCCC1CC3(O)O)C(C)CC(=O)O. The zero-order chi connectivity index (χ0) is 24.9. The van der Waals surface area contributed by atoms with Gasteiger partial charge in [-0.2, -0.15) is 0 Å². The van der Waals surface area contributed by atoms with Crippen molar-refractivity contribution < 1.29 is 20.1 Å². The van der Waals surface area contributed by atoms with Crippen LogP contribution in [0.2, 0.25) is 0 Å². The summed E-state index contributed by atoms with van der Waals surface area (Å²) in [5, 5.41) is 32.1. The summed E-state index contributed by atoms with van der Waals surface area (Å²) in [7, 11) is 0. The summed E-state index contributed by atoms with van der Waals surface area (Å²) < 4.78 is 0. The Hall–Kier alpha value is -0.610. The third-order valence-electron chi connectivity index (χ3n) is 12.2. The molecule has 10 atom stereocenters. The van der Waals surface area contributed by atoms with Gasteiger partial charge in [0.1, 0.15) is 0 Å². The molecule has 0 heterocycles. The first kappa shape index (κ1) is 26.5. The van der Waals surface area contributed by atoms with Crippen molar-refractivity contribution in [2.24, 2.45) is 58.2 Å². The van der Waals surface area contributed by atoms with Gasteiger partial charge in [0.05, 0.1) is 0 Å². The maximum atomic E-state index is 11.5. The Labute approximate surface area is 208 Å². The van der Waals surface area contributed by atoms with Crippen LogP contribution in [0, 0.1) is 58.2 Å². The molecule has 0 bridgehead atoms. The summed E-state index contributed by atoms with van der Waals surface area (Å²) in [6.07, 6.45) is 13.9. The van der Waals surface area contributed by atoms with E-state index in [1.54, 1.807) is 0 Å². The minimum atomic E-state index is -1.50. The van der Waals surface area contributed by atoms with E-state index in [2.05, 4.69) is 34.6 Å². The maximum Gasteiger partial charge on any atom is 0.303 e. The van der Waals surface area contributed by atoms with Gasteiger partial charge in [-0.25, -0.2) is 0 Å². The first-order chi connectivity index (χ1) is 15.9. The maximum absolute atomic E-state index is 11.5. The second-order valence-corrected chi connectivity index (χ2v) is 13.8. The Kier molecular flexibility index (Phi) is 7.54. The molecule has 4 fully saturated rings. The summed E-state index contributed by atoms with van der Waals surface area (Å²) in [5.74, 6) is 1.13. The number of aliphatic carboxylic acids is 1. The van der Waals surface area contributed by atoms with Crippen molar-refractivity contribution in [3.8, 4) is 0 Å². The molecule has 0 spiro atoms. The second-order valence-electron chi connectivity index (χ2n) is 13.8. The number of rotatable bonds is 8. The molecule has 0 aromatic carbocycles. The van der Waals surface area contributed by atoms with Gasteiger partial charge in [0, 0.05) is 18.8 Å². The van der Waals surface area contributed by atoms with Gasteiger partial charge < -0.3 is 15.3 Å². The van der Waals surface area contributed by atoms with E-state index in [4.69, 9.17) is 0 Å². The molecule has 3 unspecified atom stereocenters. The van der Waals surface area contributed by atoms with Crippen molar-refractivity contribution in [3.63, 3.8) is 0 Å². The van der Waals surface area contributed by atoms with E-state index in [-0.39, 0.29) is 29.1 Å². The molecule has 0 amide bonds. The van der Waals surface area contributed by atoms with Gasteiger partial charge in [0.2, 0.25) is 0 Å². The Morgan fingerprint density at radius 3 is 2.32 bits per heavy atom. The molecule has 3 N–H and O–H groups in total. The topological polar surface area (TPSA) is 77.8 Å². The van der Waals surface area contributed by atoms with Crippen LogP contribution in [0.4, 0.5) is 0 Å². The van der Waals surface area contributed by atoms with Crippen LogP contribution < -0.4 is 0 Å². The lowest BCUT2D eigenvalue weighted by Gasteiger charge is -2.64. The van der Waals surface area contributed by atoms with Crippen molar-refractivity contribution in [1.29, 1.82) is 0 Å². The number of carbonyl (C=O) groups is 1. The molecule has 4 heteroatoms. The summed E-state index contributed by atoms with van der Waals surface area (Å²) >= 11 is 0. The van der Waals surface area contributed by atoms with Crippen molar-refractivity contribution in [2.45, 2.75) is 124 Å². The van der Waals surface area contributed by atoms with Crippen LogP contribution in [-0.2, 0) is 4.79 Å². The molecule has 196 valence electrons. The van der Waals surface area contributed by atoms with E-state index < -0.39 is 11.8 Å². The predicted octanol–water partition coefficient (Wildman–Crippen LogP) is 6.88. The first-order valence-electron chi connectivity index (χ1n) is 14.6. The molecule has 0 aromatic rings. The summed E-state index contributed by atoms with van der Waals surface area (Å²) in [6.45, 7) is 11.7. The number of carboxylic acid groups (broad SMARTS) is 1. The van der Waals surface area contributed by atoms with Crippen LogP contribution in [0.25, 0.3) is 0 Å². The third kappa shape index (κ3) is 4.49. The van der Waals surface area contributed by atoms with Crippen molar-refractivity contribution in [3.05, 3.63) is 0 Å². The monoisotopic (exact) mass is 476 g/mol. The Morgan fingerprint density at radius 1 is 0.941 bits per heavy atom. The molecular formula is C30H52O4. The third-order valence-corrected chi connectivity index (χ3v) is 12.2. The number of hydrogen-bond donors (Lipinski definition) is 3. The van der Waals surface area contributed by atoms with Crippen LogP contribution in [-0.4, -0.2) is 27.1 Å². The molecular weight excluding hydrogens is 424 g/mol. The van der Waals surface area contributed by atoms with Gasteiger partial charge in [-0.3, -0.25) is 4.79 Å².